The Morgan fingerprint density at radius 2 is 1.79 bits per heavy atom. The van der Waals surface area contributed by atoms with Crippen LogP contribution in [0.4, 0.5) is 4.39 Å². The monoisotopic (exact) mass is 265 g/mol. The summed E-state index contributed by atoms with van der Waals surface area (Å²) in [5, 5.41) is 8.60. The van der Waals surface area contributed by atoms with E-state index in [9.17, 15) is 9.18 Å². The minimum absolute atomic E-state index is 0.0793. The Morgan fingerprint density at radius 1 is 1.32 bits per heavy atom. The van der Waals surface area contributed by atoms with E-state index in [1.165, 1.54) is 25.3 Å². The molecule has 0 amide bonds. The van der Waals surface area contributed by atoms with Gasteiger partial charge < -0.3 is 4.74 Å². The molecule has 0 spiro atoms. The minimum Gasteiger partial charge on any atom is -0.462 e. The first kappa shape index (κ1) is 12.9. The van der Waals surface area contributed by atoms with E-state index in [1.807, 2.05) is 0 Å². The molecule has 19 heavy (non-hydrogen) atoms. The molecule has 0 radical (unpaired) electrons. The van der Waals surface area contributed by atoms with Crippen LogP contribution in [0.15, 0.2) is 0 Å². The van der Waals surface area contributed by atoms with E-state index in [0.717, 1.165) is 43.9 Å². The van der Waals surface area contributed by atoms with Gasteiger partial charge in [-0.3, -0.25) is 0 Å². The van der Waals surface area contributed by atoms with Crippen molar-refractivity contribution in [2.45, 2.75) is 51.1 Å². The van der Waals surface area contributed by atoms with Gasteiger partial charge in [0.25, 0.3) is 5.67 Å². The zero-order valence-corrected chi connectivity index (χ0v) is 11.3. The Hall–Kier alpha value is -1.11. The van der Waals surface area contributed by atoms with Gasteiger partial charge in [0.05, 0.1) is 6.61 Å². The zero-order valence-electron chi connectivity index (χ0n) is 11.3. The van der Waals surface area contributed by atoms with Crippen LogP contribution in [0.25, 0.3) is 0 Å². The molecule has 4 aliphatic carbocycles. The number of hydrogen-bond acceptors (Lipinski definition) is 3. The first-order chi connectivity index (χ1) is 8.92. The molecule has 0 aromatic rings. The fraction of sp³-hybridized carbons (Fsp3) is 0.867. The third-order valence-electron chi connectivity index (χ3n) is 5.27. The summed E-state index contributed by atoms with van der Waals surface area (Å²) in [5.41, 5.74) is -2.43. The molecule has 0 aromatic heterocycles. The summed E-state index contributed by atoms with van der Waals surface area (Å²) >= 11 is 0. The van der Waals surface area contributed by atoms with Crippen LogP contribution in [0.1, 0.15) is 45.4 Å². The lowest BCUT2D eigenvalue weighted by atomic mass is 9.50. The molecule has 1 unspecified atom stereocenters. The van der Waals surface area contributed by atoms with Crippen molar-refractivity contribution in [3.63, 3.8) is 0 Å². The number of alkyl halides is 1. The van der Waals surface area contributed by atoms with Crippen molar-refractivity contribution < 1.29 is 13.9 Å². The van der Waals surface area contributed by atoms with Crippen LogP contribution in [-0.2, 0) is 9.53 Å². The highest BCUT2D eigenvalue weighted by atomic mass is 19.1. The predicted molar refractivity (Wildman–Crippen MR) is 66.7 cm³/mol. The minimum atomic E-state index is -2.51. The zero-order chi connectivity index (χ0) is 13.7. The second-order valence-electron chi connectivity index (χ2n) is 7.11. The second-order valence-corrected chi connectivity index (χ2v) is 7.11. The molecule has 0 N–H and O–H groups in total. The van der Waals surface area contributed by atoms with Crippen LogP contribution in [0.5, 0.6) is 0 Å². The first-order valence-corrected chi connectivity index (χ1v) is 7.20. The van der Waals surface area contributed by atoms with E-state index < -0.39 is 11.6 Å². The standard InChI is InChI=1S/C15H20FNO2/c1-14(16,8-17)13(18)19-9-15-5-10-2-11(6-15)4-12(3-10)7-15/h10-12H,2-7,9H2,1H3. The van der Waals surface area contributed by atoms with Gasteiger partial charge in [-0.25, -0.2) is 9.18 Å². The van der Waals surface area contributed by atoms with E-state index in [-0.39, 0.29) is 5.41 Å². The van der Waals surface area contributed by atoms with Gasteiger partial charge in [0.2, 0.25) is 0 Å². The number of nitrogens with zero attached hydrogens (tertiary/aromatic N) is 1. The van der Waals surface area contributed by atoms with E-state index in [1.54, 1.807) is 0 Å². The molecule has 0 aromatic carbocycles. The molecule has 0 saturated heterocycles. The maximum Gasteiger partial charge on any atom is 0.358 e. The molecule has 4 saturated carbocycles. The highest BCUT2D eigenvalue weighted by Crippen LogP contribution is 2.60. The Kier molecular flexibility index (Phi) is 2.85. The highest BCUT2D eigenvalue weighted by Gasteiger charge is 2.51. The third-order valence-corrected chi connectivity index (χ3v) is 5.27. The fourth-order valence-corrected chi connectivity index (χ4v) is 4.87. The number of carbonyl (C=O) groups excluding carboxylic acids is 1. The Labute approximate surface area is 113 Å². The van der Waals surface area contributed by atoms with E-state index in [0.29, 0.717) is 6.61 Å². The topological polar surface area (TPSA) is 50.1 Å². The summed E-state index contributed by atoms with van der Waals surface area (Å²) in [5.74, 6) is 1.30. The van der Waals surface area contributed by atoms with Crippen LogP contribution >= 0.6 is 0 Å². The van der Waals surface area contributed by atoms with Crippen LogP contribution in [0.2, 0.25) is 0 Å². The molecule has 3 nitrogen and oxygen atoms in total. The van der Waals surface area contributed by atoms with Crippen molar-refractivity contribution in [2.75, 3.05) is 6.61 Å². The molecule has 4 aliphatic rings. The summed E-state index contributed by atoms with van der Waals surface area (Å²) in [6, 6.07) is 1.36. The van der Waals surface area contributed by atoms with Gasteiger partial charge in [-0.05, 0) is 63.2 Å². The van der Waals surface area contributed by atoms with Crippen molar-refractivity contribution >= 4 is 5.97 Å². The smallest absolute Gasteiger partial charge is 0.358 e. The first-order valence-electron chi connectivity index (χ1n) is 7.20. The predicted octanol–water partition coefficient (Wildman–Crippen LogP) is 3.00. The number of esters is 1. The van der Waals surface area contributed by atoms with Crippen molar-refractivity contribution in [1.82, 2.24) is 0 Å². The lowest BCUT2D eigenvalue weighted by molar-refractivity contribution is -0.164. The summed E-state index contributed by atoms with van der Waals surface area (Å²) in [7, 11) is 0. The van der Waals surface area contributed by atoms with Crippen molar-refractivity contribution in [3.8, 4) is 6.07 Å². The molecule has 4 heteroatoms. The molecular formula is C15H20FNO2. The SMILES string of the molecule is CC(F)(C#N)C(=O)OCC12CC3CC(CC(C3)C1)C2. The average molecular weight is 265 g/mol. The van der Waals surface area contributed by atoms with Crippen LogP contribution in [0, 0.1) is 34.5 Å². The molecule has 0 aliphatic heterocycles. The van der Waals surface area contributed by atoms with E-state index >= 15 is 0 Å². The number of carbonyl (C=O) groups is 1. The lowest BCUT2D eigenvalue weighted by Crippen LogP contribution is -2.49. The van der Waals surface area contributed by atoms with E-state index in [4.69, 9.17) is 10.00 Å². The Balaban J connectivity index is 1.64. The van der Waals surface area contributed by atoms with Gasteiger partial charge in [-0.2, -0.15) is 5.26 Å². The van der Waals surface area contributed by atoms with Crippen molar-refractivity contribution in [3.05, 3.63) is 0 Å². The molecule has 4 fully saturated rings. The van der Waals surface area contributed by atoms with Gasteiger partial charge in [0.15, 0.2) is 0 Å². The van der Waals surface area contributed by atoms with Crippen LogP contribution < -0.4 is 0 Å². The summed E-state index contributed by atoms with van der Waals surface area (Å²) in [6.07, 6.45) is 7.32. The maximum atomic E-state index is 13.5. The van der Waals surface area contributed by atoms with Gasteiger partial charge in [-0.1, -0.05) is 0 Å². The number of ether oxygens (including phenoxy) is 1. The molecule has 104 valence electrons. The Bertz CT molecular complexity index is 403. The third kappa shape index (κ3) is 2.24. The number of hydrogen-bond donors (Lipinski definition) is 0. The maximum absolute atomic E-state index is 13.5. The van der Waals surface area contributed by atoms with E-state index in [2.05, 4.69) is 0 Å². The van der Waals surface area contributed by atoms with Crippen molar-refractivity contribution in [1.29, 1.82) is 5.26 Å². The van der Waals surface area contributed by atoms with Crippen LogP contribution in [0.3, 0.4) is 0 Å². The Morgan fingerprint density at radius 3 is 2.21 bits per heavy atom. The number of rotatable bonds is 3. The molecular weight excluding hydrogens is 245 g/mol. The van der Waals surface area contributed by atoms with Crippen LogP contribution in [-0.4, -0.2) is 18.2 Å². The fourth-order valence-electron chi connectivity index (χ4n) is 4.87. The van der Waals surface area contributed by atoms with Gasteiger partial charge in [0, 0.05) is 5.41 Å². The normalized spacial score (nSPS) is 42.5. The molecule has 1 atom stereocenters. The molecule has 4 bridgehead atoms. The average Bonchev–Trinajstić information content (AvgIpc) is 2.34. The van der Waals surface area contributed by atoms with Gasteiger partial charge in [-0.15, -0.1) is 0 Å². The number of halogens is 1. The molecule has 0 heterocycles. The summed E-state index contributed by atoms with van der Waals surface area (Å²) < 4.78 is 18.7. The largest absolute Gasteiger partial charge is 0.462 e. The summed E-state index contributed by atoms with van der Waals surface area (Å²) in [6.45, 7) is 1.27. The van der Waals surface area contributed by atoms with Gasteiger partial charge >= 0.3 is 5.97 Å². The molecule has 4 rings (SSSR count). The highest BCUT2D eigenvalue weighted by molar-refractivity contribution is 5.82. The van der Waals surface area contributed by atoms with Gasteiger partial charge in [0.1, 0.15) is 6.07 Å². The quantitative estimate of drug-likeness (QED) is 0.737. The number of nitriles is 1. The summed E-state index contributed by atoms with van der Waals surface area (Å²) in [4.78, 5) is 11.6. The second kappa shape index (κ2) is 4.19. The van der Waals surface area contributed by atoms with Crippen molar-refractivity contribution in [2.24, 2.45) is 23.2 Å². The lowest BCUT2D eigenvalue weighted by Gasteiger charge is -2.56.